The van der Waals surface area contributed by atoms with Crippen molar-refractivity contribution in [2.24, 2.45) is 0 Å². The average molecular weight is 154 g/mol. The Morgan fingerprint density at radius 1 is 1.73 bits per heavy atom. The van der Waals surface area contributed by atoms with Gasteiger partial charge in [-0.15, -0.1) is 5.10 Å². The second-order valence-electron chi connectivity index (χ2n) is 2.12. The van der Waals surface area contributed by atoms with Crippen LogP contribution in [0.4, 0.5) is 0 Å². The average Bonchev–Trinajstić information content (AvgIpc) is 2.04. The number of rotatable bonds is 2. The number of hydrogen-bond donors (Lipinski definition) is 1. The van der Waals surface area contributed by atoms with Crippen LogP contribution in [0.25, 0.3) is 0 Å². The first-order chi connectivity index (χ1) is 5.27. The number of hydrogen-bond acceptors (Lipinski definition) is 3. The first-order valence-corrected chi connectivity index (χ1v) is 3.40. The third kappa shape index (κ3) is 1.58. The number of aromatic amines is 1. The highest BCUT2D eigenvalue weighted by Crippen LogP contribution is 2.09. The van der Waals surface area contributed by atoms with Gasteiger partial charge in [-0.3, -0.25) is 4.79 Å². The Morgan fingerprint density at radius 2 is 2.45 bits per heavy atom. The molecule has 0 saturated heterocycles. The highest BCUT2D eigenvalue weighted by molar-refractivity contribution is 5.22. The molecule has 0 aliphatic heterocycles. The molecule has 0 amide bonds. The maximum atomic E-state index is 10.7. The maximum Gasteiger partial charge on any atom is 0.264 e. The number of aryl methyl sites for hydroxylation is 1. The van der Waals surface area contributed by atoms with Gasteiger partial charge in [-0.05, 0) is 6.42 Å². The number of nitrogens with one attached hydrogen (secondary N) is 1. The summed E-state index contributed by atoms with van der Waals surface area (Å²) in [5, 5.41) is 6.00. The molecule has 4 nitrogen and oxygen atoms in total. The molecular weight excluding hydrogens is 144 g/mol. The van der Waals surface area contributed by atoms with Crippen LogP contribution in [0, 0.1) is 0 Å². The van der Waals surface area contributed by atoms with Crippen molar-refractivity contribution in [2.75, 3.05) is 7.11 Å². The van der Waals surface area contributed by atoms with Crippen molar-refractivity contribution in [1.29, 1.82) is 0 Å². The molecule has 0 fully saturated rings. The lowest BCUT2D eigenvalue weighted by Gasteiger charge is -2.01. The lowest BCUT2D eigenvalue weighted by atomic mass is 10.2. The number of H-pyrrole nitrogens is 1. The van der Waals surface area contributed by atoms with Gasteiger partial charge in [0.15, 0.2) is 0 Å². The molecule has 0 unspecified atom stereocenters. The van der Waals surface area contributed by atoms with Gasteiger partial charge in [0, 0.05) is 11.6 Å². The van der Waals surface area contributed by atoms with Crippen LogP contribution in [-0.4, -0.2) is 17.3 Å². The van der Waals surface area contributed by atoms with E-state index < -0.39 is 0 Å². The molecule has 0 aliphatic rings. The van der Waals surface area contributed by atoms with Gasteiger partial charge in [-0.1, -0.05) is 6.92 Å². The van der Waals surface area contributed by atoms with Crippen molar-refractivity contribution in [3.63, 3.8) is 0 Å². The van der Waals surface area contributed by atoms with Gasteiger partial charge in [0.05, 0.1) is 7.11 Å². The summed E-state index contributed by atoms with van der Waals surface area (Å²) in [4.78, 5) is 10.7. The van der Waals surface area contributed by atoms with Gasteiger partial charge in [-0.25, -0.2) is 5.10 Å². The van der Waals surface area contributed by atoms with E-state index in [4.69, 9.17) is 4.74 Å². The van der Waals surface area contributed by atoms with E-state index in [9.17, 15) is 4.79 Å². The summed E-state index contributed by atoms with van der Waals surface area (Å²) in [6.07, 6.45) is 0.750. The zero-order chi connectivity index (χ0) is 8.27. The number of nitrogens with zero attached hydrogens (tertiary/aromatic N) is 1. The lowest BCUT2D eigenvalue weighted by molar-refractivity contribution is 0.386. The standard InChI is InChI=1S/C7H10N2O2/c1-3-5-4-6(10)8-9-7(5)11-2/h4H,3H2,1-2H3,(H,8,10). The molecule has 0 aliphatic carbocycles. The molecule has 4 heteroatoms. The zero-order valence-electron chi connectivity index (χ0n) is 6.55. The fourth-order valence-corrected chi connectivity index (χ4v) is 0.860. The van der Waals surface area contributed by atoms with E-state index in [1.807, 2.05) is 6.92 Å². The molecule has 1 N–H and O–H groups in total. The summed E-state index contributed by atoms with van der Waals surface area (Å²) in [5.41, 5.74) is 0.638. The molecule has 0 radical (unpaired) electrons. The molecule has 0 bridgehead atoms. The van der Waals surface area contributed by atoms with Crippen LogP contribution >= 0.6 is 0 Å². The van der Waals surface area contributed by atoms with Crippen molar-refractivity contribution in [2.45, 2.75) is 13.3 Å². The van der Waals surface area contributed by atoms with E-state index in [-0.39, 0.29) is 5.56 Å². The van der Waals surface area contributed by atoms with Crippen LogP contribution in [0.3, 0.4) is 0 Å². The van der Waals surface area contributed by atoms with E-state index in [0.29, 0.717) is 5.88 Å². The van der Waals surface area contributed by atoms with E-state index in [2.05, 4.69) is 10.2 Å². The lowest BCUT2D eigenvalue weighted by Crippen LogP contribution is -2.09. The van der Waals surface area contributed by atoms with Crippen molar-refractivity contribution < 1.29 is 4.74 Å². The predicted octanol–water partition coefficient (Wildman–Crippen LogP) is 0.341. The number of aromatic nitrogens is 2. The van der Waals surface area contributed by atoms with E-state index in [1.54, 1.807) is 0 Å². The molecule has 1 rings (SSSR count). The largest absolute Gasteiger partial charge is 0.480 e. The number of ether oxygens (including phenoxy) is 1. The predicted molar refractivity (Wildman–Crippen MR) is 40.8 cm³/mol. The Bertz CT molecular complexity index is 293. The van der Waals surface area contributed by atoms with Crippen LogP contribution in [0.2, 0.25) is 0 Å². The molecule has 0 spiro atoms. The van der Waals surface area contributed by atoms with Crippen LogP contribution in [-0.2, 0) is 6.42 Å². The summed E-state index contributed by atoms with van der Waals surface area (Å²) in [5.74, 6) is 0.493. The van der Waals surface area contributed by atoms with Gasteiger partial charge < -0.3 is 4.74 Å². The van der Waals surface area contributed by atoms with Crippen LogP contribution in [0.5, 0.6) is 5.88 Å². The SMILES string of the molecule is CCc1cc(=O)[nH]nc1OC. The van der Waals surface area contributed by atoms with Crippen molar-refractivity contribution in [3.8, 4) is 5.88 Å². The molecule has 1 heterocycles. The third-order valence-corrected chi connectivity index (χ3v) is 1.42. The quantitative estimate of drug-likeness (QED) is 0.668. The minimum absolute atomic E-state index is 0.192. The smallest absolute Gasteiger partial charge is 0.264 e. The van der Waals surface area contributed by atoms with Crippen molar-refractivity contribution in [3.05, 3.63) is 22.0 Å². The van der Waals surface area contributed by atoms with Crippen LogP contribution < -0.4 is 10.3 Å². The summed E-state index contributed by atoms with van der Waals surface area (Å²) in [7, 11) is 1.53. The Balaban J connectivity index is 3.16. The highest BCUT2D eigenvalue weighted by Gasteiger charge is 2.01. The van der Waals surface area contributed by atoms with E-state index in [0.717, 1.165) is 12.0 Å². The minimum Gasteiger partial charge on any atom is -0.480 e. The normalized spacial score (nSPS) is 9.64. The summed E-state index contributed by atoms with van der Waals surface area (Å²) < 4.78 is 4.91. The third-order valence-electron chi connectivity index (χ3n) is 1.42. The summed E-state index contributed by atoms with van der Waals surface area (Å²) in [6, 6.07) is 1.49. The first kappa shape index (κ1) is 7.78. The number of methoxy groups -OCH3 is 1. The maximum absolute atomic E-state index is 10.7. The van der Waals surface area contributed by atoms with Gasteiger partial charge in [0.25, 0.3) is 5.56 Å². The summed E-state index contributed by atoms with van der Waals surface area (Å²) in [6.45, 7) is 1.94. The second kappa shape index (κ2) is 3.18. The molecule has 0 aromatic carbocycles. The van der Waals surface area contributed by atoms with Crippen LogP contribution in [0.15, 0.2) is 10.9 Å². The topological polar surface area (TPSA) is 55.0 Å². The molecule has 1 aromatic heterocycles. The van der Waals surface area contributed by atoms with Crippen LogP contribution in [0.1, 0.15) is 12.5 Å². The van der Waals surface area contributed by atoms with Crippen molar-refractivity contribution in [1.82, 2.24) is 10.2 Å². The zero-order valence-corrected chi connectivity index (χ0v) is 6.55. The van der Waals surface area contributed by atoms with Gasteiger partial charge in [-0.2, -0.15) is 0 Å². The Hall–Kier alpha value is -1.32. The van der Waals surface area contributed by atoms with Crippen molar-refractivity contribution >= 4 is 0 Å². The molecular formula is C7H10N2O2. The fraction of sp³-hybridized carbons (Fsp3) is 0.429. The Kier molecular flexibility index (Phi) is 2.25. The van der Waals surface area contributed by atoms with Gasteiger partial charge in [0.2, 0.25) is 5.88 Å². The Morgan fingerprint density at radius 3 is 3.00 bits per heavy atom. The summed E-state index contributed by atoms with van der Waals surface area (Å²) >= 11 is 0. The fourth-order valence-electron chi connectivity index (χ4n) is 0.860. The minimum atomic E-state index is -0.192. The molecule has 0 saturated carbocycles. The van der Waals surface area contributed by atoms with E-state index >= 15 is 0 Å². The molecule has 0 atom stereocenters. The molecule has 11 heavy (non-hydrogen) atoms. The van der Waals surface area contributed by atoms with Gasteiger partial charge in [0.1, 0.15) is 0 Å². The van der Waals surface area contributed by atoms with E-state index in [1.165, 1.54) is 13.2 Å². The second-order valence-corrected chi connectivity index (χ2v) is 2.12. The molecule has 1 aromatic rings. The Labute approximate surface area is 64.2 Å². The highest BCUT2D eigenvalue weighted by atomic mass is 16.5. The van der Waals surface area contributed by atoms with Gasteiger partial charge >= 0.3 is 0 Å². The monoisotopic (exact) mass is 154 g/mol. The first-order valence-electron chi connectivity index (χ1n) is 3.40. The molecule has 60 valence electrons.